The van der Waals surface area contributed by atoms with Gasteiger partial charge in [0.25, 0.3) is 11.8 Å². The van der Waals surface area contributed by atoms with E-state index in [1.54, 1.807) is 30.6 Å². The fraction of sp³-hybridized carbons (Fsp3) is 0.235. The van der Waals surface area contributed by atoms with Gasteiger partial charge in [-0.1, -0.05) is 11.6 Å². The van der Waals surface area contributed by atoms with Gasteiger partial charge in [0.15, 0.2) is 0 Å². The lowest BCUT2D eigenvalue weighted by Gasteiger charge is -2.18. The number of fused-ring (bicyclic) bond motifs is 1. The first-order chi connectivity index (χ1) is 10.7. The third kappa shape index (κ3) is 1.80. The summed E-state index contributed by atoms with van der Waals surface area (Å²) in [5.41, 5.74) is 1.97. The quantitative estimate of drug-likeness (QED) is 0.755. The second-order valence-corrected chi connectivity index (χ2v) is 6.00. The monoisotopic (exact) mass is 312 g/mol. The maximum atomic E-state index is 12.7. The minimum Gasteiger partial charge on any atom is -0.269 e. The molecule has 0 saturated heterocycles. The standard InChI is InChI=1S/C17H13ClN2O2/c18-14-5-6-15(10-7-8-19-9-13(10)14)20-16(21)11-3-1-2-4-12(11)17(20)22/h5-9H,1-4H2. The Labute approximate surface area is 132 Å². The number of hydrogen-bond acceptors (Lipinski definition) is 3. The third-order valence-corrected chi connectivity index (χ3v) is 4.70. The van der Waals surface area contributed by atoms with Crippen LogP contribution in [0.4, 0.5) is 5.69 Å². The molecule has 1 aliphatic carbocycles. The number of carbonyl (C=O) groups excluding carboxylic acids is 2. The van der Waals surface area contributed by atoms with Gasteiger partial charge in [0.1, 0.15) is 0 Å². The van der Waals surface area contributed by atoms with Crippen LogP contribution in [0.5, 0.6) is 0 Å². The van der Waals surface area contributed by atoms with Gasteiger partial charge < -0.3 is 0 Å². The molecule has 1 aromatic carbocycles. The average Bonchev–Trinajstić information content (AvgIpc) is 2.81. The molecule has 0 saturated carbocycles. The van der Waals surface area contributed by atoms with Crippen LogP contribution in [0, 0.1) is 0 Å². The predicted molar refractivity (Wildman–Crippen MR) is 84.7 cm³/mol. The smallest absolute Gasteiger partial charge is 0.261 e. The number of halogens is 1. The molecule has 0 unspecified atom stereocenters. The predicted octanol–water partition coefficient (Wildman–Crippen LogP) is 3.63. The first-order valence-electron chi connectivity index (χ1n) is 7.31. The van der Waals surface area contributed by atoms with Crippen molar-refractivity contribution in [1.82, 2.24) is 4.98 Å². The minimum absolute atomic E-state index is 0.180. The molecule has 4 nitrogen and oxygen atoms in total. The van der Waals surface area contributed by atoms with E-state index in [1.807, 2.05) is 0 Å². The summed E-state index contributed by atoms with van der Waals surface area (Å²) in [6.07, 6.45) is 6.63. The molecule has 0 fully saturated rings. The molecule has 2 heterocycles. The Kier molecular flexibility index (Phi) is 3.01. The fourth-order valence-corrected chi connectivity index (χ4v) is 3.51. The lowest BCUT2D eigenvalue weighted by Crippen LogP contribution is -2.31. The van der Waals surface area contributed by atoms with Crippen molar-refractivity contribution in [2.45, 2.75) is 25.7 Å². The van der Waals surface area contributed by atoms with Crippen LogP contribution in [0.3, 0.4) is 0 Å². The zero-order valence-corrected chi connectivity index (χ0v) is 12.6. The molecule has 110 valence electrons. The molecule has 22 heavy (non-hydrogen) atoms. The molecule has 4 rings (SSSR count). The summed E-state index contributed by atoms with van der Waals surface area (Å²) in [5, 5.41) is 2.07. The topological polar surface area (TPSA) is 50.3 Å². The van der Waals surface area contributed by atoms with Crippen LogP contribution < -0.4 is 4.90 Å². The van der Waals surface area contributed by atoms with Crippen molar-refractivity contribution in [1.29, 1.82) is 0 Å². The van der Waals surface area contributed by atoms with Gasteiger partial charge in [-0.05, 0) is 43.9 Å². The Bertz CT molecular complexity index is 829. The van der Waals surface area contributed by atoms with Crippen molar-refractivity contribution < 1.29 is 9.59 Å². The number of pyridine rings is 1. The highest BCUT2D eigenvalue weighted by atomic mass is 35.5. The number of anilines is 1. The molecule has 5 heteroatoms. The molecule has 0 atom stereocenters. The molecular formula is C17H13ClN2O2. The number of hydrogen-bond donors (Lipinski definition) is 0. The van der Waals surface area contributed by atoms with Gasteiger partial charge in [-0.2, -0.15) is 0 Å². The molecule has 0 N–H and O–H groups in total. The Morgan fingerprint density at radius 1 is 0.955 bits per heavy atom. The number of aromatic nitrogens is 1. The Morgan fingerprint density at radius 2 is 1.64 bits per heavy atom. The fourth-order valence-electron chi connectivity index (χ4n) is 3.29. The Balaban J connectivity index is 1.89. The normalized spacial score (nSPS) is 18.3. The van der Waals surface area contributed by atoms with Gasteiger partial charge >= 0.3 is 0 Å². The van der Waals surface area contributed by atoms with E-state index in [2.05, 4.69) is 4.98 Å². The van der Waals surface area contributed by atoms with Crippen LogP contribution >= 0.6 is 11.6 Å². The number of nitrogens with zero attached hydrogens (tertiary/aromatic N) is 2. The van der Waals surface area contributed by atoms with E-state index in [9.17, 15) is 9.59 Å². The van der Waals surface area contributed by atoms with Gasteiger partial charge in [0, 0.05) is 34.3 Å². The number of imide groups is 1. The van der Waals surface area contributed by atoms with E-state index < -0.39 is 0 Å². The van der Waals surface area contributed by atoms with Gasteiger partial charge in [-0.15, -0.1) is 0 Å². The van der Waals surface area contributed by atoms with Crippen LogP contribution in [0.1, 0.15) is 25.7 Å². The summed E-state index contributed by atoms with van der Waals surface area (Å²) in [4.78, 5) is 30.7. The number of rotatable bonds is 1. The summed E-state index contributed by atoms with van der Waals surface area (Å²) in [6.45, 7) is 0. The van der Waals surface area contributed by atoms with Crippen LogP contribution in [0.25, 0.3) is 10.8 Å². The van der Waals surface area contributed by atoms with Crippen LogP contribution in [0.2, 0.25) is 5.02 Å². The molecule has 0 bridgehead atoms. The third-order valence-electron chi connectivity index (χ3n) is 4.37. The average molecular weight is 313 g/mol. The van der Waals surface area contributed by atoms with E-state index >= 15 is 0 Å². The van der Waals surface area contributed by atoms with E-state index in [0.717, 1.165) is 23.6 Å². The van der Waals surface area contributed by atoms with Gasteiger partial charge in [-0.3, -0.25) is 14.6 Å². The lowest BCUT2D eigenvalue weighted by molar-refractivity contribution is -0.120. The zero-order valence-electron chi connectivity index (χ0n) is 11.8. The molecule has 0 spiro atoms. The molecular weight excluding hydrogens is 300 g/mol. The number of amides is 2. The highest BCUT2D eigenvalue weighted by molar-refractivity contribution is 6.38. The maximum absolute atomic E-state index is 12.7. The van der Waals surface area contributed by atoms with Gasteiger partial charge in [0.05, 0.1) is 10.7 Å². The van der Waals surface area contributed by atoms with Crippen molar-refractivity contribution in [3.8, 4) is 0 Å². The highest BCUT2D eigenvalue weighted by Crippen LogP contribution is 2.39. The maximum Gasteiger partial charge on any atom is 0.261 e. The van der Waals surface area contributed by atoms with Crippen LogP contribution in [-0.2, 0) is 9.59 Å². The summed E-state index contributed by atoms with van der Waals surface area (Å²) in [7, 11) is 0. The van der Waals surface area contributed by atoms with Gasteiger partial charge in [0.2, 0.25) is 0 Å². The molecule has 0 radical (unpaired) electrons. The van der Waals surface area contributed by atoms with E-state index in [1.165, 1.54) is 4.90 Å². The second kappa shape index (κ2) is 4.92. The Morgan fingerprint density at radius 3 is 2.32 bits per heavy atom. The molecule has 2 amide bonds. The highest BCUT2D eigenvalue weighted by Gasteiger charge is 2.40. The van der Waals surface area contributed by atoms with Crippen molar-refractivity contribution in [3.05, 3.63) is 46.8 Å². The second-order valence-electron chi connectivity index (χ2n) is 5.60. The van der Waals surface area contributed by atoms with E-state index in [-0.39, 0.29) is 11.8 Å². The van der Waals surface area contributed by atoms with Gasteiger partial charge in [-0.25, -0.2) is 4.90 Å². The molecule has 2 aliphatic rings. The van der Waals surface area contributed by atoms with Crippen molar-refractivity contribution in [2.75, 3.05) is 4.90 Å². The molecule has 1 aliphatic heterocycles. The summed E-state index contributed by atoms with van der Waals surface area (Å²) < 4.78 is 0. The zero-order chi connectivity index (χ0) is 15.3. The lowest BCUT2D eigenvalue weighted by atomic mass is 9.93. The number of carbonyl (C=O) groups is 2. The van der Waals surface area contributed by atoms with Crippen molar-refractivity contribution in [2.24, 2.45) is 0 Å². The van der Waals surface area contributed by atoms with E-state index in [0.29, 0.717) is 34.7 Å². The first-order valence-corrected chi connectivity index (χ1v) is 7.69. The summed E-state index contributed by atoms with van der Waals surface area (Å²) >= 11 is 6.19. The number of benzene rings is 1. The minimum atomic E-state index is -0.180. The Hall–Kier alpha value is -2.20. The largest absolute Gasteiger partial charge is 0.269 e. The SMILES string of the molecule is O=C1C2=C(CCCC2)C(=O)N1c1ccc(Cl)c2cnccc12. The molecule has 1 aromatic heterocycles. The van der Waals surface area contributed by atoms with Crippen LogP contribution in [-0.4, -0.2) is 16.8 Å². The van der Waals surface area contributed by atoms with Crippen LogP contribution in [0.15, 0.2) is 41.7 Å². The summed E-state index contributed by atoms with van der Waals surface area (Å²) in [5.74, 6) is -0.361. The molecule has 2 aromatic rings. The summed E-state index contributed by atoms with van der Waals surface area (Å²) in [6, 6.07) is 5.23. The van der Waals surface area contributed by atoms with E-state index in [4.69, 9.17) is 11.6 Å². The van der Waals surface area contributed by atoms with Crippen molar-refractivity contribution in [3.63, 3.8) is 0 Å². The first kappa shape index (κ1) is 13.5. The van der Waals surface area contributed by atoms with Crippen molar-refractivity contribution >= 4 is 39.9 Å².